The summed E-state index contributed by atoms with van der Waals surface area (Å²) in [6.45, 7) is 11.1. The van der Waals surface area contributed by atoms with Gasteiger partial charge in [0.05, 0.1) is 23.6 Å². The Kier molecular flexibility index (Phi) is 15.3. The van der Waals surface area contributed by atoms with Crippen LogP contribution >= 0.6 is 12.4 Å². The molecule has 0 aromatic heterocycles. The molecule has 0 spiro atoms. The van der Waals surface area contributed by atoms with E-state index in [1.165, 1.54) is 26.4 Å². The molecule has 7 N–H and O–H groups in total. The molecule has 2 amide bonds. The van der Waals surface area contributed by atoms with Crippen molar-refractivity contribution in [1.82, 2.24) is 0 Å². The third-order valence-corrected chi connectivity index (χ3v) is 7.25. The Bertz CT molecular complexity index is 1220. The van der Waals surface area contributed by atoms with E-state index in [2.05, 4.69) is 17.2 Å². The van der Waals surface area contributed by atoms with Gasteiger partial charge < -0.3 is 45.9 Å². The Balaban J connectivity index is 0.00000924. The van der Waals surface area contributed by atoms with E-state index in [0.29, 0.717) is 41.8 Å². The zero-order valence-electron chi connectivity index (χ0n) is 25.6. The molecular weight excluding hydrogens is 578 g/mol. The predicted octanol–water partition coefficient (Wildman–Crippen LogP) is 4.58. The fraction of sp³-hybridized carbons (Fsp3) is 0.484. The number of methoxy groups -OCH3 is 2. The van der Waals surface area contributed by atoms with Gasteiger partial charge in [0.25, 0.3) is 5.91 Å². The smallest absolute Gasteiger partial charge is 0.405 e. The fourth-order valence-electron chi connectivity index (χ4n) is 4.98. The van der Waals surface area contributed by atoms with Crippen molar-refractivity contribution in [1.29, 1.82) is 0 Å². The van der Waals surface area contributed by atoms with Crippen LogP contribution in [0.4, 0.5) is 16.2 Å². The minimum absolute atomic E-state index is 0. The fourth-order valence-corrected chi connectivity index (χ4v) is 4.98. The third kappa shape index (κ3) is 10.3. The van der Waals surface area contributed by atoms with Gasteiger partial charge >= 0.3 is 6.09 Å². The number of aromatic hydroxyl groups is 2. The van der Waals surface area contributed by atoms with Crippen LogP contribution in [0.25, 0.3) is 0 Å². The maximum absolute atomic E-state index is 13.0. The van der Waals surface area contributed by atoms with Crippen molar-refractivity contribution in [2.24, 2.45) is 17.6 Å². The molecule has 1 aromatic rings. The highest BCUT2D eigenvalue weighted by molar-refractivity contribution is 6.04. The summed E-state index contributed by atoms with van der Waals surface area (Å²) in [5.41, 5.74) is 7.01. The van der Waals surface area contributed by atoms with Gasteiger partial charge in [0.2, 0.25) is 0 Å². The highest BCUT2D eigenvalue weighted by atomic mass is 35.5. The Labute approximate surface area is 259 Å². The van der Waals surface area contributed by atoms with Crippen LogP contribution < -0.4 is 16.4 Å². The lowest BCUT2D eigenvalue weighted by Crippen LogP contribution is -2.37. The minimum atomic E-state index is -0.990. The SMILES string of the molecule is C=CCNc1c(O)cc2c(O)c1C[C@@H](C)C[C@H](OC)[C@H](O)[C@@H](C)/C=C(/C)[C@H](OC(N)=O)[C@@H](OC)/C=C\C=C(\C)C(=O)N2.Cl. The number of carbonyl (C=O) groups excluding carboxylic acids is 2. The van der Waals surface area contributed by atoms with Gasteiger partial charge in [0.1, 0.15) is 17.6 Å². The van der Waals surface area contributed by atoms with Crippen molar-refractivity contribution in [3.63, 3.8) is 0 Å². The zero-order chi connectivity index (χ0) is 31.6. The maximum Gasteiger partial charge on any atom is 0.405 e. The van der Waals surface area contributed by atoms with Crippen molar-refractivity contribution >= 4 is 35.8 Å². The number of allylic oxidation sites excluding steroid dienone is 2. The number of nitrogens with two attached hydrogens (primary N) is 1. The van der Waals surface area contributed by atoms with E-state index in [1.54, 1.807) is 38.2 Å². The number of phenolic OH excluding ortho intramolecular Hbond substituents is 2. The number of hydrogen-bond donors (Lipinski definition) is 6. The quantitative estimate of drug-likeness (QED) is 0.151. The number of hydrogen-bond acceptors (Lipinski definition) is 9. The van der Waals surface area contributed by atoms with Crippen LogP contribution in [0.3, 0.4) is 0 Å². The van der Waals surface area contributed by atoms with E-state index < -0.39 is 42.3 Å². The molecule has 0 unspecified atom stereocenters. The average molecular weight is 624 g/mol. The number of fused-ring (bicyclic) bond motifs is 2. The first-order valence-electron chi connectivity index (χ1n) is 13.8. The second kappa shape index (κ2) is 17.6. The molecule has 1 aromatic carbocycles. The van der Waals surface area contributed by atoms with E-state index in [9.17, 15) is 24.9 Å². The van der Waals surface area contributed by atoms with Crippen molar-refractivity contribution in [2.75, 3.05) is 31.4 Å². The first kappa shape index (κ1) is 37.5. The summed E-state index contributed by atoms with van der Waals surface area (Å²) in [5.74, 6) is -1.41. The number of rotatable bonds is 6. The zero-order valence-corrected chi connectivity index (χ0v) is 26.4. The molecule has 12 heteroatoms. The van der Waals surface area contributed by atoms with Crippen LogP contribution in [0.5, 0.6) is 11.5 Å². The highest BCUT2D eigenvalue weighted by Crippen LogP contribution is 2.42. The minimum Gasteiger partial charge on any atom is -0.506 e. The van der Waals surface area contributed by atoms with Crippen molar-refractivity contribution in [3.05, 3.63) is 59.7 Å². The number of benzene rings is 1. The normalized spacial score (nSPS) is 28.6. The second-order valence-electron chi connectivity index (χ2n) is 10.6. The van der Waals surface area contributed by atoms with Crippen LogP contribution in [-0.2, 0) is 25.4 Å². The molecule has 0 saturated heterocycles. The topological polar surface area (TPSA) is 173 Å². The van der Waals surface area contributed by atoms with Gasteiger partial charge in [-0.2, -0.15) is 0 Å². The van der Waals surface area contributed by atoms with Gasteiger partial charge in [0, 0.05) is 43.9 Å². The molecule has 1 aliphatic rings. The maximum atomic E-state index is 13.0. The van der Waals surface area contributed by atoms with Crippen LogP contribution in [0, 0.1) is 11.8 Å². The summed E-state index contributed by atoms with van der Waals surface area (Å²) in [7, 11) is 2.95. The Morgan fingerprint density at radius 3 is 2.49 bits per heavy atom. The van der Waals surface area contributed by atoms with E-state index in [-0.39, 0.29) is 35.5 Å². The van der Waals surface area contributed by atoms with Crippen molar-refractivity contribution in [3.8, 4) is 11.5 Å². The molecule has 6 atom stereocenters. The number of aliphatic hydroxyl groups excluding tert-OH is 1. The van der Waals surface area contributed by atoms with E-state index >= 15 is 0 Å². The largest absolute Gasteiger partial charge is 0.506 e. The van der Waals surface area contributed by atoms with Crippen molar-refractivity contribution < 1.29 is 39.1 Å². The molecule has 240 valence electrons. The molecule has 0 radical (unpaired) electrons. The van der Waals surface area contributed by atoms with E-state index in [1.807, 2.05) is 13.8 Å². The number of phenols is 2. The number of anilines is 2. The van der Waals surface area contributed by atoms with Gasteiger partial charge in [-0.25, -0.2) is 4.79 Å². The van der Waals surface area contributed by atoms with Gasteiger partial charge in [0.15, 0.2) is 6.10 Å². The van der Waals surface area contributed by atoms with Crippen LogP contribution in [-0.4, -0.2) is 72.5 Å². The number of aliphatic hydroxyl groups is 1. The van der Waals surface area contributed by atoms with E-state index in [4.69, 9.17) is 19.9 Å². The summed E-state index contributed by atoms with van der Waals surface area (Å²) < 4.78 is 16.6. The highest BCUT2D eigenvalue weighted by Gasteiger charge is 2.30. The number of nitrogens with one attached hydrogen (secondary N) is 2. The number of amides is 2. The summed E-state index contributed by atoms with van der Waals surface area (Å²) in [4.78, 5) is 24.7. The van der Waals surface area contributed by atoms with Crippen LogP contribution in [0.1, 0.15) is 39.7 Å². The predicted molar refractivity (Wildman–Crippen MR) is 170 cm³/mol. The summed E-state index contributed by atoms with van der Waals surface area (Å²) in [6, 6.07) is 1.28. The number of ether oxygens (including phenoxy) is 3. The molecule has 11 nitrogen and oxygen atoms in total. The molecule has 1 aliphatic heterocycles. The van der Waals surface area contributed by atoms with Gasteiger partial charge in [-0.05, 0) is 38.2 Å². The van der Waals surface area contributed by atoms with Crippen LogP contribution in [0.15, 0.2) is 54.2 Å². The lowest BCUT2D eigenvalue weighted by Gasteiger charge is -2.29. The van der Waals surface area contributed by atoms with Gasteiger partial charge in [-0.3, -0.25) is 4.79 Å². The molecule has 0 aliphatic carbocycles. The summed E-state index contributed by atoms with van der Waals surface area (Å²) >= 11 is 0. The Morgan fingerprint density at radius 2 is 1.91 bits per heavy atom. The summed E-state index contributed by atoms with van der Waals surface area (Å²) in [6.07, 6.45) is 4.64. The van der Waals surface area contributed by atoms with Gasteiger partial charge in [-0.15, -0.1) is 19.0 Å². The molecule has 2 bridgehead atoms. The average Bonchev–Trinajstić information content (AvgIpc) is 2.94. The first-order valence-corrected chi connectivity index (χ1v) is 13.8. The van der Waals surface area contributed by atoms with E-state index in [0.717, 1.165) is 0 Å². The molecule has 2 rings (SSSR count). The Hall–Kier alpha value is -3.51. The third-order valence-electron chi connectivity index (χ3n) is 7.25. The molecule has 0 fully saturated rings. The lowest BCUT2D eigenvalue weighted by molar-refractivity contribution is -0.112. The first-order chi connectivity index (χ1) is 19.8. The van der Waals surface area contributed by atoms with Gasteiger partial charge in [-0.1, -0.05) is 44.2 Å². The Morgan fingerprint density at radius 1 is 1.23 bits per heavy atom. The summed E-state index contributed by atoms with van der Waals surface area (Å²) in [5, 5.41) is 39.1. The molecule has 0 saturated carbocycles. The monoisotopic (exact) mass is 623 g/mol. The second-order valence-corrected chi connectivity index (χ2v) is 10.6. The standard InChI is InChI=1S/C31H45N3O8.ClH/c1-8-12-33-26-21-13-17(2)14-25(41-7)27(36)19(4)15-20(5)29(42-31(32)39)24(40-6)11-9-10-18(3)30(38)34-22(28(21)37)16-23(26)35;/h8-11,15-17,19,24-25,27,29,33,35-37H,1,12-14H2,2-7H3,(H2,32,39)(H,34,38);1H/b11-9-,18-10-,20-15-;/t17-,19+,24+,25+,27-,29+;/m1./s1. The molecule has 43 heavy (non-hydrogen) atoms. The number of halogens is 1. The number of primary amides is 1. The molecule has 1 heterocycles. The van der Waals surface area contributed by atoms with Crippen molar-refractivity contribution in [2.45, 2.75) is 65.0 Å². The van der Waals surface area contributed by atoms with Crippen LogP contribution in [0.2, 0.25) is 0 Å². The lowest BCUT2D eigenvalue weighted by atomic mass is 9.87. The number of carbonyl (C=O) groups is 2. The molecular formula is C31H46ClN3O8.